The molecule has 5 aromatic carbocycles. The Labute approximate surface area is 282 Å². The second-order valence-electron chi connectivity index (χ2n) is 11.5. The van der Waals surface area contributed by atoms with Crippen molar-refractivity contribution in [3.8, 4) is 40.2 Å². The number of ether oxygens (including phenoxy) is 5. The van der Waals surface area contributed by atoms with Gasteiger partial charge in [0.15, 0.2) is 11.6 Å². The summed E-state index contributed by atoms with van der Waals surface area (Å²) < 4.78 is 27.0. The Hall–Kier alpha value is -6.42. The SMILES string of the molecule is COc1ccc(Oc2ccc(C(=O)c3ccc(Oc4ccc(Oc5ccc(C(=O)CC(C)(C)C(=O)OC(=O)O)cc5)cc4)cc3)cc2)cc1. The number of carbonyl (C=O) groups is 4. The molecule has 0 aromatic heterocycles. The van der Waals surface area contributed by atoms with Crippen LogP contribution in [0, 0.1) is 5.41 Å². The zero-order valence-corrected chi connectivity index (χ0v) is 26.9. The maximum Gasteiger partial charge on any atom is 0.513 e. The average molecular weight is 661 g/mol. The molecule has 0 radical (unpaired) electrons. The van der Waals surface area contributed by atoms with E-state index in [9.17, 15) is 19.2 Å². The molecule has 1 N–H and O–H groups in total. The van der Waals surface area contributed by atoms with E-state index in [1.807, 2.05) is 12.1 Å². The largest absolute Gasteiger partial charge is 0.513 e. The fourth-order valence-electron chi connectivity index (χ4n) is 4.65. The summed E-state index contributed by atoms with van der Waals surface area (Å²) in [6.45, 7) is 2.89. The van der Waals surface area contributed by atoms with Gasteiger partial charge >= 0.3 is 12.1 Å². The summed E-state index contributed by atoms with van der Waals surface area (Å²) in [5.74, 6) is 2.64. The first-order valence-electron chi connectivity index (χ1n) is 15.1. The molecule has 0 aliphatic carbocycles. The molecule has 0 aliphatic heterocycles. The Morgan fingerprint density at radius 1 is 0.510 bits per heavy atom. The van der Waals surface area contributed by atoms with E-state index in [1.165, 1.54) is 13.8 Å². The molecule has 0 spiro atoms. The summed E-state index contributed by atoms with van der Waals surface area (Å²) >= 11 is 0. The van der Waals surface area contributed by atoms with E-state index < -0.39 is 17.5 Å². The molecule has 0 heterocycles. The Balaban J connectivity index is 1.12. The van der Waals surface area contributed by atoms with Crippen molar-refractivity contribution in [2.75, 3.05) is 7.11 Å². The van der Waals surface area contributed by atoms with Gasteiger partial charge in [0, 0.05) is 23.1 Å². The van der Waals surface area contributed by atoms with Crippen LogP contribution in [0.4, 0.5) is 4.79 Å². The lowest BCUT2D eigenvalue weighted by Crippen LogP contribution is -2.30. The fraction of sp³-hybridized carbons (Fsp3) is 0.128. The second kappa shape index (κ2) is 15.0. The van der Waals surface area contributed by atoms with E-state index in [-0.39, 0.29) is 18.0 Å². The van der Waals surface area contributed by atoms with Crippen LogP contribution in [0.3, 0.4) is 0 Å². The van der Waals surface area contributed by atoms with Crippen LogP contribution < -0.4 is 18.9 Å². The number of ketones is 2. The Bertz CT molecular complexity index is 1930. The van der Waals surface area contributed by atoms with Crippen molar-refractivity contribution in [1.82, 2.24) is 0 Å². The van der Waals surface area contributed by atoms with Gasteiger partial charge in [0.25, 0.3) is 0 Å². The minimum absolute atomic E-state index is 0.134. The lowest BCUT2D eigenvalue weighted by Gasteiger charge is -2.20. The summed E-state index contributed by atoms with van der Waals surface area (Å²) in [4.78, 5) is 48.3. The smallest absolute Gasteiger partial charge is 0.497 e. The van der Waals surface area contributed by atoms with Crippen molar-refractivity contribution in [2.24, 2.45) is 5.41 Å². The van der Waals surface area contributed by atoms with E-state index in [0.29, 0.717) is 51.2 Å². The molecule has 0 saturated heterocycles. The predicted molar refractivity (Wildman–Crippen MR) is 179 cm³/mol. The third kappa shape index (κ3) is 9.11. The van der Waals surface area contributed by atoms with Gasteiger partial charge in [-0.2, -0.15) is 0 Å². The number of hydrogen-bond acceptors (Lipinski definition) is 9. The van der Waals surface area contributed by atoms with Crippen LogP contribution >= 0.6 is 0 Å². The standard InChI is InChI=1S/C39H32O10/c1-39(2,37(42)49-38(43)44)24-35(40)25-4-10-29(11-5-25)46-33-20-22-34(23-21-33)48-31-14-8-27(9-15-31)36(41)26-6-12-30(13-7-26)47-32-18-16-28(45-3)17-19-32/h4-23H,24H2,1-3H3,(H,43,44). The van der Waals surface area contributed by atoms with Gasteiger partial charge in [0.2, 0.25) is 0 Å². The number of benzene rings is 5. The quantitative estimate of drug-likeness (QED) is 0.0740. The highest BCUT2D eigenvalue weighted by Gasteiger charge is 2.34. The average Bonchev–Trinajstić information content (AvgIpc) is 3.09. The minimum Gasteiger partial charge on any atom is -0.497 e. The van der Waals surface area contributed by atoms with Crippen LogP contribution in [0.15, 0.2) is 121 Å². The topological polar surface area (TPSA) is 135 Å². The van der Waals surface area contributed by atoms with Crippen LogP contribution in [0.2, 0.25) is 0 Å². The molecule has 248 valence electrons. The van der Waals surface area contributed by atoms with Crippen molar-refractivity contribution < 1.29 is 48.0 Å². The molecule has 5 rings (SSSR count). The van der Waals surface area contributed by atoms with Gasteiger partial charge in [-0.25, -0.2) is 4.79 Å². The zero-order chi connectivity index (χ0) is 35.0. The van der Waals surface area contributed by atoms with E-state index in [0.717, 1.165) is 5.75 Å². The lowest BCUT2D eigenvalue weighted by atomic mass is 9.85. The zero-order valence-electron chi connectivity index (χ0n) is 26.9. The number of Topliss-reactive ketones (excluding diaryl/α,β-unsaturated/α-hetero) is 1. The molecule has 0 fully saturated rings. The third-order valence-electron chi connectivity index (χ3n) is 7.33. The molecule has 0 bridgehead atoms. The number of carbonyl (C=O) groups excluding carboxylic acids is 3. The molecular weight excluding hydrogens is 628 g/mol. The van der Waals surface area contributed by atoms with Gasteiger partial charge in [0.05, 0.1) is 12.5 Å². The number of methoxy groups -OCH3 is 1. The first kappa shape index (κ1) is 33.9. The molecule has 0 saturated carbocycles. The van der Waals surface area contributed by atoms with Gasteiger partial charge in [-0.05, 0) is 135 Å². The van der Waals surface area contributed by atoms with Crippen molar-refractivity contribution in [3.05, 3.63) is 138 Å². The second-order valence-corrected chi connectivity index (χ2v) is 11.5. The molecule has 0 unspecified atom stereocenters. The number of esters is 1. The highest BCUT2D eigenvalue weighted by molar-refractivity contribution is 6.09. The van der Waals surface area contributed by atoms with E-state index in [4.69, 9.17) is 24.1 Å². The molecule has 10 nitrogen and oxygen atoms in total. The van der Waals surface area contributed by atoms with Crippen molar-refractivity contribution in [2.45, 2.75) is 20.3 Å². The first-order valence-corrected chi connectivity index (χ1v) is 15.1. The van der Waals surface area contributed by atoms with Gasteiger partial charge < -0.3 is 28.8 Å². The van der Waals surface area contributed by atoms with Crippen LogP contribution in [0.1, 0.15) is 46.5 Å². The molecule has 49 heavy (non-hydrogen) atoms. The summed E-state index contributed by atoms with van der Waals surface area (Å²) in [6.07, 6.45) is -1.94. The maximum atomic E-state index is 13.0. The number of hydrogen-bond donors (Lipinski definition) is 1. The highest BCUT2D eigenvalue weighted by atomic mass is 16.7. The predicted octanol–water partition coefficient (Wildman–Crippen LogP) is 9.12. The third-order valence-corrected chi connectivity index (χ3v) is 7.33. The monoisotopic (exact) mass is 660 g/mol. The van der Waals surface area contributed by atoms with Crippen LogP contribution in [-0.2, 0) is 9.53 Å². The van der Waals surface area contributed by atoms with Crippen molar-refractivity contribution >= 4 is 23.7 Å². The van der Waals surface area contributed by atoms with Crippen LogP contribution in [0.25, 0.3) is 0 Å². The normalized spacial score (nSPS) is 10.8. The van der Waals surface area contributed by atoms with Gasteiger partial charge in [-0.15, -0.1) is 0 Å². The molecule has 0 atom stereocenters. The van der Waals surface area contributed by atoms with Gasteiger partial charge in [-0.3, -0.25) is 14.4 Å². The summed E-state index contributed by atoms with van der Waals surface area (Å²) in [5, 5.41) is 8.67. The molecular formula is C39H32O10. The number of carboxylic acid groups (broad SMARTS) is 1. The van der Waals surface area contributed by atoms with E-state index in [2.05, 4.69) is 4.74 Å². The fourth-order valence-corrected chi connectivity index (χ4v) is 4.65. The molecule has 0 amide bonds. The lowest BCUT2D eigenvalue weighted by molar-refractivity contribution is -0.148. The van der Waals surface area contributed by atoms with Crippen molar-refractivity contribution in [1.29, 1.82) is 0 Å². The number of rotatable bonds is 13. The highest BCUT2D eigenvalue weighted by Crippen LogP contribution is 2.30. The maximum absolute atomic E-state index is 13.0. The summed E-state index contributed by atoms with van der Waals surface area (Å²) in [6, 6.07) is 34.3. The van der Waals surface area contributed by atoms with Gasteiger partial charge in [0.1, 0.15) is 40.2 Å². The van der Waals surface area contributed by atoms with Crippen molar-refractivity contribution in [3.63, 3.8) is 0 Å². The van der Waals surface area contributed by atoms with Crippen LogP contribution in [0.5, 0.6) is 40.2 Å². The Morgan fingerprint density at radius 2 is 0.816 bits per heavy atom. The Morgan fingerprint density at radius 3 is 1.14 bits per heavy atom. The Kier molecular flexibility index (Phi) is 10.4. The first-order chi connectivity index (χ1) is 23.5. The van der Waals surface area contributed by atoms with Gasteiger partial charge in [-0.1, -0.05) is 0 Å². The van der Waals surface area contributed by atoms with E-state index >= 15 is 0 Å². The molecule has 10 heteroatoms. The molecule has 0 aliphatic rings. The molecule has 5 aromatic rings. The summed E-state index contributed by atoms with van der Waals surface area (Å²) in [5.41, 5.74) is 0.0675. The summed E-state index contributed by atoms with van der Waals surface area (Å²) in [7, 11) is 1.60. The van der Waals surface area contributed by atoms with Crippen LogP contribution in [-0.4, -0.2) is 35.9 Å². The van der Waals surface area contributed by atoms with E-state index in [1.54, 1.807) is 116 Å². The minimum atomic E-state index is -1.72.